The summed E-state index contributed by atoms with van der Waals surface area (Å²) in [5.74, 6) is 2.18. The fourth-order valence-electron chi connectivity index (χ4n) is 2.72. The Morgan fingerprint density at radius 1 is 1.28 bits per heavy atom. The van der Waals surface area contributed by atoms with Crippen molar-refractivity contribution in [1.29, 1.82) is 0 Å². The van der Waals surface area contributed by atoms with Crippen molar-refractivity contribution < 1.29 is 23.9 Å². The van der Waals surface area contributed by atoms with Gasteiger partial charge in [-0.3, -0.25) is 19.3 Å². The summed E-state index contributed by atoms with van der Waals surface area (Å²) in [4.78, 5) is 38.4. The lowest BCUT2D eigenvalue weighted by Gasteiger charge is -2.13. The molecule has 3 amide bonds. The van der Waals surface area contributed by atoms with E-state index in [1.54, 1.807) is 42.5 Å². The van der Waals surface area contributed by atoms with Gasteiger partial charge in [-0.1, -0.05) is 23.6 Å². The average molecular weight is 536 g/mol. The van der Waals surface area contributed by atoms with E-state index in [-0.39, 0.29) is 11.5 Å². The zero-order valence-corrected chi connectivity index (χ0v) is 19.8. The Hall–Kier alpha value is -2.93. The first kappa shape index (κ1) is 23.7. The average Bonchev–Trinajstić information content (AvgIpc) is 3.02. The first-order valence-corrected chi connectivity index (χ1v) is 11.1. The lowest BCUT2D eigenvalue weighted by molar-refractivity contribution is -0.127. The predicted octanol–water partition coefficient (Wildman–Crippen LogP) is 4.80. The normalized spacial score (nSPS) is 14.4. The van der Waals surface area contributed by atoms with Gasteiger partial charge in [-0.05, 0) is 69.7 Å². The lowest BCUT2D eigenvalue weighted by atomic mass is 10.2. The van der Waals surface area contributed by atoms with Crippen LogP contribution in [0.3, 0.4) is 0 Å². The van der Waals surface area contributed by atoms with Gasteiger partial charge in [-0.15, -0.1) is 6.42 Å². The van der Waals surface area contributed by atoms with E-state index in [0.29, 0.717) is 32.2 Å². The highest BCUT2D eigenvalue weighted by atomic mass is 79.9. The summed E-state index contributed by atoms with van der Waals surface area (Å²) < 4.78 is 11.4. The second-order valence-corrected chi connectivity index (χ2v) is 8.60. The van der Waals surface area contributed by atoms with Crippen LogP contribution in [-0.2, 0) is 9.59 Å². The molecule has 0 spiro atoms. The van der Waals surface area contributed by atoms with Crippen LogP contribution in [0.4, 0.5) is 10.5 Å². The van der Waals surface area contributed by atoms with E-state index in [9.17, 15) is 14.4 Å². The van der Waals surface area contributed by atoms with Crippen LogP contribution in [0.25, 0.3) is 6.08 Å². The molecule has 0 aliphatic carbocycles. The Labute approximate surface area is 202 Å². The van der Waals surface area contributed by atoms with E-state index < -0.39 is 23.6 Å². The summed E-state index contributed by atoms with van der Waals surface area (Å²) in [6, 6.07) is 9.89. The summed E-state index contributed by atoms with van der Waals surface area (Å²) in [5, 5.41) is 2.50. The van der Waals surface area contributed by atoms with Crippen LogP contribution in [0.2, 0.25) is 5.02 Å². The fraction of sp³-hybridized carbons (Fsp3) is 0.136. The van der Waals surface area contributed by atoms with Gasteiger partial charge >= 0.3 is 0 Å². The number of anilines is 1. The summed E-state index contributed by atoms with van der Waals surface area (Å²) in [6.07, 6.45) is 6.75. The number of carbonyl (C=O) groups is 3. The second kappa shape index (κ2) is 10.6. The molecule has 7 nitrogen and oxygen atoms in total. The molecule has 0 saturated carbocycles. The van der Waals surface area contributed by atoms with Crippen molar-refractivity contribution in [2.75, 3.05) is 25.6 Å². The Morgan fingerprint density at radius 2 is 2.06 bits per heavy atom. The van der Waals surface area contributed by atoms with Crippen LogP contribution in [-0.4, -0.2) is 42.2 Å². The number of amides is 3. The van der Waals surface area contributed by atoms with E-state index in [4.69, 9.17) is 27.5 Å². The number of imide groups is 1. The van der Waals surface area contributed by atoms with Crippen molar-refractivity contribution in [3.8, 4) is 23.8 Å². The van der Waals surface area contributed by atoms with Crippen molar-refractivity contribution >= 4 is 68.1 Å². The molecule has 1 aliphatic rings. The SMILES string of the molecule is C#CCOc1ccc(/C=C2\SC(=O)N(CC(=O)Nc3ccc(Br)c(Cl)c3)C2=O)cc1OC. The van der Waals surface area contributed by atoms with Crippen LogP contribution >= 0.6 is 39.3 Å². The highest BCUT2D eigenvalue weighted by molar-refractivity contribution is 9.10. The molecular weight excluding hydrogens is 520 g/mol. The van der Waals surface area contributed by atoms with E-state index in [0.717, 1.165) is 16.7 Å². The third kappa shape index (κ3) is 5.65. The molecule has 0 aromatic heterocycles. The van der Waals surface area contributed by atoms with E-state index in [1.807, 2.05) is 0 Å². The van der Waals surface area contributed by atoms with Crippen molar-refractivity contribution in [2.45, 2.75) is 0 Å². The number of terminal acetylenes is 1. The van der Waals surface area contributed by atoms with Crippen LogP contribution in [0.1, 0.15) is 5.56 Å². The maximum atomic E-state index is 12.7. The Balaban J connectivity index is 1.71. The third-order valence-electron chi connectivity index (χ3n) is 4.18. The molecule has 1 heterocycles. The lowest BCUT2D eigenvalue weighted by Crippen LogP contribution is -2.36. The highest BCUT2D eigenvalue weighted by Crippen LogP contribution is 2.34. The zero-order valence-electron chi connectivity index (χ0n) is 16.7. The number of rotatable bonds is 7. The molecule has 32 heavy (non-hydrogen) atoms. The molecular formula is C22H16BrClN2O5S. The molecule has 0 bridgehead atoms. The number of nitrogens with one attached hydrogen (secondary N) is 1. The molecule has 3 rings (SSSR count). The van der Waals surface area contributed by atoms with Crippen molar-refractivity contribution in [1.82, 2.24) is 4.90 Å². The molecule has 1 aliphatic heterocycles. The van der Waals surface area contributed by atoms with Gasteiger partial charge in [0.15, 0.2) is 11.5 Å². The van der Waals surface area contributed by atoms with Crippen LogP contribution < -0.4 is 14.8 Å². The molecule has 2 aromatic rings. The minimum absolute atomic E-state index is 0.0864. The maximum Gasteiger partial charge on any atom is 0.294 e. The Morgan fingerprint density at radius 3 is 2.75 bits per heavy atom. The van der Waals surface area contributed by atoms with Crippen LogP contribution in [0.15, 0.2) is 45.8 Å². The summed E-state index contributed by atoms with van der Waals surface area (Å²) >= 11 is 10.0. The first-order chi connectivity index (χ1) is 15.3. The number of thioether (sulfide) groups is 1. The summed E-state index contributed by atoms with van der Waals surface area (Å²) in [5.41, 5.74) is 1.07. The minimum atomic E-state index is -0.560. The van der Waals surface area contributed by atoms with Crippen LogP contribution in [0.5, 0.6) is 11.5 Å². The number of methoxy groups -OCH3 is 1. The van der Waals surface area contributed by atoms with Gasteiger partial charge in [0.2, 0.25) is 5.91 Å². The molecule has 2 aromatic carbocycles. The van der Waals surface area contributed by atoms with Crippen LogP contribution in [0, 0.1) is 12.3 Å². The minimum Gasteiger partial charge on any atom is -0.493 e. The molecule has 0 radical (unpaired) electrons. The number of hydrogen-bond acceptors (Lipinski definition) is 6. The predicted molar refractivity (Wildman–Crippen MR) is 128 cm³/mol. The van der Waals surface area contributed by atoms with Gasteiger partial charge in [0.25, 0.3) is 11.1 Å². The van der Waals surface area contributed by atoms with Crippen molar-refractivity contribution in [3.05, 3.63) is 56.4 Å². The van der Waals surface area contributed by atoms with E-state index in [2.05, 4.69) is 27.2 Å². The van der Waals surface area contributed by atoms with E-state index >= 15 is 0 Å². The Bertz CT molecular complexity index is 1160. The van der Waals surface area contributed by atoms with Gasteiger partial charge < -0.3 is 14.8 Å². The van der Waals surface area contributed by atoms with Gasteiger partial charge in [0.05, 0.1) is 17.0 Å². The van der Waals surface area contributed by atoms with Gasteiger partial charge in [-0.2, -0.15) is 0 Å². The number of nitrogens with zero attached hydrogens (tertiary/aromatic N) is 1. The molecule has 1 N–H and O–H groups in total. The molecule has 0 atom stereocenters. The largest absolute Gasteiger partial charge is 0.493 e. The van der Waals surface area contributed by atoms with Gasteiger partial charge in [-0.25, -0.2) is 0 Å². The van der Waals surface area contributed by atoms with E-state index in [1.165, 1.54) is 7.11 Å². The molecule has 1 fully saturated rings. The number of carbonyl (C=O) groups excluding carboxylic acids is 3. The number of hydrogen-bond donors (Lipinski definition) is 1. The molecule has 10 heteroatoms. The summed E-state index contributed by atoms with van der Waals surface area (Å²) in [7, 11) is 1.48. The Kier molecular flexibility index (Phi) is 7.85. The standard InChI is InChI=1S/C22H16BrClN2O5S/c1-3-8-31-17-7-4-13(9-18(17)30-2)10-19-21(28)26(22(29)32-19)12-20(27)25-14-5-6-15(23)16(24)11-14/h1,4-7,9-11H,8,12H2,2H3,(H,25,27)/b19-10-. The third-order valence-corrected chi connectivity index (χ3v) is 6.31. The highest BCUT2D eigenvalue weighted by Gasteiger charge is 2.36. The van der Waals surface area contributed by atoms with Crippen molar-refractivity contribution in [2.24, 2.45) is 0 Å². The first-order valence-electron chi connectivity index (χ1n) is 9.07. The van der Waals surface area contributed by atoms with Gasteiger partial charge in [0, 0.05) is 10.2 Å². The fourth-order valence-corrected chi connectivity index (χ4v) is 3.98. The quantitative estimate of drug-likeness (QED) is 0.405. The molecule has 164 valence electrons. The smallest absolute Gasteiger partial charge is 0.294 e. The number of ether oxygens (including phenoxy) is 2. The molecule has 1 saturated heterocycles. The monoisotopic (exact) mass is 534 g/mol. The summed E-state index contributed by atoms with van der Waals surface area (Å²) in [6.45, 7) is -0.332. The number of benzene rings is 2. The molecule has 0 unspecified atom stereocenters. The topological polar surface area (TPSA) is 84.9 Å². The van der Waals surface area contributed by atoms with Gasteiger partial charge in [0.1, 0.15) is 13.2 Å². The number of halogens is 2. The van der Waals surface area contributed by atoms with Crippen molar-refractivity contribution in [3.63, 3.8) is 0 Å². The maximum absolute atomic E-state index is 12.7. The second-order valence-electron chi connectivity index (χ2n) is 6.35. The zero-order chi connectivity index (χ0) is 23.3.